The summed E-state index contributed by atoms with van der Waals surface area (Å²) < 4.78 is 4.90. The Hall–Kier alpha value is -1.47. The molecule has 1 amide bonds. The number of methoxy groups -OCH3 is 1. The Morgan fingerprint density at radius 1 is 1.26 bits per heavy atom. The van der Waals surface area contributed by atoms with Gasteiger partial charge in [-0.3, -0.25) is 4.79 Å². The second kappa shape index (κ2) is 11.1. The first kappa shape index (κ1) is 19.6. The second-order valence-corrected chi connectivity index (χ2v) is 5.64. The first-order chi connectivity index (χ1) is 10.8. The third kappa shape index (κ3) is 7.09. The van der Waals surface area contributed by atoms with Crippen LogP contribution in [0.25, 0.3) is 10.6 Å². The Bertz CT molecular complexity index is 578. The number of nitrogens with one attached hydrogen (secondary N) is 2. The maximum absolute atomic E-state index is 11.6. The van der Waals surface area contributed by atoms with Crippen LogP contribution < -0.4 is 10.6 Å². The number of hydrogen-bond acceptors (Lipinski definition) is 5. The van der Waals surface area contributed by atoms with Crippen LogP contribution in [0.1, 0.15) is 5.69 Å². The van der Waals surface area contributed by atoms with Crippen LogP contribution in [0.3, 0.4) is 0 Å². The largest absolute Gasteiger partial charge is 0.383 e. The molecule has 2 N–H and O–H groups in total. The van der Waals surface area contributed by atoms with E-state index in [0.717, 1.165) is 22.7 Å². The van der Waals surface area contributed by atoms with Crippen LogP contribution in [0.5, 0.6) is 0 Å². The van der Waals surface area contributed by atoms with Crippen molar-refractivity contribution in [2.75, 3.05) is 33.4 Å². The predicted octanol–water partition coefficient (Wildman–Crippen LogP) is 2.13. The molecule has 0 aliphatic carbocycles. The van der Waals surface area contributed by atoms with Gasteiger partial charge in [-0.15, -0.1) is 23.7 Å². The predicted molar refractivity (Wildman–Crippen MR) is 96.3 cm³/mol. The van der Waals surface area contributed by atoms with Crippen molar-refractivity contribution in [3.8, 4) is 10.6 Å². The molecule has 1 heterocycles. The Morgan fingerprint density at radius 2 is 2.04 bits per heavy atom. The fraction of sp³-hybridized carbons (Fsp3) is 0.375. The van der Waals surface area contributed by atoms with E-state index in [1.807, 2.05) is 23.6 Å². The lowest BCUT2D eigenvalue weighted by Gasteiger charge is -2.05. The van der Waals surface area contributed by atoms with Crippen LogP contribution in [0, 0.1) is 0 Å². The molecule has 0 unspecified atom stereocenters. The topological polar surface area (TPSA) is 63.2 Å². The van der Waals surface area contributed by atoms with E-state index >= 15 is 0 Å². The van der Waals surface area contributed by atoms with Gasteiger partial charge in [0.1, 0.15) is 5.01 Å². The number of ether oxygens (including phenoxy) is 1. The van der Waals surface area contributed by atoms with Crippen molar-refractivity contribution in [1.29, 1.82) is 0 Å². The van der Waals surface area contributed by atoms with E-state index in [1.54, 1.807) is 18.4 Å². The molecule has 0 saturated carbocycles. The van der Waals surface area contributed by atoms with E-state index in [-0.39, 0.29) is 18.3 Å². The molecule has 5 nitrogen and oxygen atoms in total. The Labute approximate surface area is 146 Å². The summed E-state index contributed by atoms with van der Waals surface area (Å²) in [6.07, 6.45) is 0.743. The molecular formula is C16H22ClN3O2S. The van der Waals surface area contributed by atoms with Crippen molar-refractivity contribution in [3.05, 3.63) is 41.4 Å². The van der Waals surface area contributed by atoms with Gasteiger partial charge in [-0.25, -0.2) is 4.98 Å². The highest BCUT2D eigenvalue weighted by Crippen LogP contribution is 2.23. The molecule has 0 spiro atoms. The van der Waals surface area contributed by atoms with Crippen molar-refractivity contribution in [1.82, 2.24) is 15.6 Å². The summed E-state index contributed by atoms with van der Waals surface area (Å²) in [6.45, 7) is 2.20. The van der Waals surface area contributed by atoms with Crippen molar-refractivity contribution in [2.24, 2.45) is 0 Å². The molecule has 0 atom stereocenters. The first-order valence-electron chi connectivity index (χ1n) is 7.26. The molecule has 0 radical (unpaired) electrons. The van der Waals surface area contributed by atoms with Crippen LogP contribution in [0.15, 0.2) is 35.7 Å². The van der Waals surface area contributed by atoms with Gasteiger partial charge in [0.25, 0.3) is 0 Å². The zero-order valence-corrected chi connectivity index (χ0v) is 14.7. The molecule has 2 aromatic rings. The van der Waals surface area contributed by atoms with Crippen LogP contribution >= 0.6 is 23.7 Å². The fourth-order valence-corrected chi connectivity index (χ4v) is 2.76. The average Bonchev–Trinajstić information content (AvgIpc) is 3.01. The summed E-state index contributed by atoms with van der Waals surface area (Å²) in [4.78, 5) is 16.2. The number of aromatic nitrogens is 1. The molecule has 7 heteroatoms. The Balaban J connectivity index is 0.00000264. The van der Waals surface area contributed by atoms with Gasteiger partial charge >= 0.3 is 0 Å². The van der Waals surface area contributed by atoms with Gasteiger partial charge in [-0.2, -0.15) is 0 Å². The van der Waals surface area contributed by atoms with Crippen molar-refractivity contribution in [3.63, 3.8) is 0 Å². The van der Waals surface area contributed by atoms with Gasteiger partial charge in [0.2, 0.25) is 5.91 Å². The lowest BCUT2D eigenvalue weighted by atomic mass is 10.2. The van der Waals surface area contributed by atoms with Crippen molar-refractivity contribution >= 4 is 29.7 Å². The Kier molecular flexibility index (Phi) is 9.47. The molecule has 0 saturated heterocycles. The molecule has 0 aliphatic heterocycles. The average molecular weight is 356 g/mol. The maximum Gasteiger partial charge on any atom is 0.233 e. The first-order valence-corrected chi connectivity index (χ1v) is 8.13. The lowest BCUT2D eigenvalue weighted by Crippen LogP contribution is -2.36. The van der Waals surface area contributed by atoms with Crippen molar-refractivity contribution < 1.29 is 9.53 Å². The molecule has 1 aromatic carbocycles. The third-order valence-electron chi connectivity index (χ3n) is 3.04. The van der Waals surface area contributed by atoms with E-state index in [1.165, 1.54) is 0 Å². The molecule has 0 aliphatic rings. The SMILES string of the molecule is COCCNCC(=O)NCCc1csc(-c2ccccc2)n1.Cl. The standard InChI is InChI=1S/C16H21N3O2S.ClH/c1-21-10-9-17-11-15(20)18-8-7-14-12-22-16(19-14)13-5-3-2-4-6-13;/h2-6,12,17H,7-11H2,1H3,(H,18,20);1H. The normalized spacial score (nSPS) is 10.1. The van der Waals surface area contributed by atoms with Gasteiger partial charge in [0.15, 0.2) is 0 Å². The van der Waals surface area contributed by atoms with Crippen LogP contribution in [0.4, 0.5) is 0 Å². The van der Waals surface area contributed by atoms with Crippen molar-refractivity contribution in [2.45, 2.75) is 6.42 Å². The monoisotopic (exact) mass is 355 g/mol. The summed E-state index contributed by atoms with van der Waals surface area (Å²) in [7, 11) is 1.64. The molecule has 0 fully saturated rings. The molecule has 2 rings (SSSR count). The number of thiazole rings is 1. The summed E-state index contributed by atoms with van der Waals surface area (Å²) in [5.41, 5.74) is 2.14. The highest BCUT2D eigenvalue weighted by Gasteiger charge is 2.05. The molecule has 23 heavy (non-hydrogen) atoms. The molecule has 126 valence electrons. The van der Waals surface area contributed by atoms with Crippen LogP contribution in [-0.4, -0.2) is 44.2 Å². The van der Waals surface area contributed by atoms with Gasteiger partial charge < -0.3 is 15.4 Å². The number of carbonyl (C=O) groups is 1. The van der Waals surface area contributed by atoms with Crippen LogP contribution in [-0.2, 0) is 16.0 Å². The molecule has 1 aromatic heterocycles. The minimum atomic E-state index is -0.00499. The summed E-state index contributed by atoms with van der Waals surface area (Å²) >= 11 is 1.63. The number of rotatable bonds is 9. The summed E-state index contributed by atoms with van der Waals surface area (Å²) in [6, 6.07) is 10.1. The summed E-state index contributed by atoms with van der Waals surface area (Å²) in [5.74, 6) is -0.00499. The van der Waals surface area contributed by atoms with E-state index < -0.39 is 0 Å². The van der Waals surface area contributed by atoms with E-state index in [0.29, 0.717) is 26.2 Å². The highest BCUT2D eigenvalue weighted by atomic mass is 35.5. The third-order valence-corrected chi connectivity index (χ3v) is 3.98. The quantitative estimate of drug-likeness (QED) is 0.676. The van der Waals surface area contributed by atoms with Gasteiger partial charge in [-0.05, 0) is 0 Å². The van der Waals surface area contributed by atoms with Gasteiger partial charge in [-0.1, -0.05) is 30.3 Å². The fourth-order valence-electron chi connectivity index (χ4n) is 1.90. The minimum Gasteiger partial charge on any atom is -0.383 e. The van der Waals surface area contributed by atoms with Gasteiger partial charge in [0.05, 0.1) is 18.8 Å². The Morgan fingerprint density at radius 3 is 2.78 bits per heavy atom. The van der Waals surface area contributed by atoms with Gasteiger partial charge in [0, 0.05) is 37.6 Å². The number of carbonyl (C=O) groups excluding carboxylic acids is 1. The van der Waals surface area contributed by atoms with Crippen LogP contribution in [0.2, 0.25) is 0 Å². The zero-order valence-electron chi connectivity index (χ0n) is 13.1. The lowest BCUT2D eigenvalue weighted by molar-refractivity contribution is -0.120. The number of benzene rings is 1. The number of hydrogen-bond donors (Lipinski definition) is 2. The minimum absolute atomic E-state index is 0. The van der Waals surface area contributed by atoms with E-state index in [4.69, 9.17) is 4.74 Å². The number of halogens is 1. The van der Waals surface area contributed by atoms with E-state index in [2.05, 4.69) is 27.8 Å². The highest BCUT2D eigenvalue weighted by molar-refractivity contribution is 7.13. The smallest absolute Gasteiger partial charge is 0.233 e. The second-order valence-electron chi connectivity index (χ2n) is 4.78. The summed E-state index contributed by atoms with van der Waals surface area (Å²) in [5, 5.41) is 8.95. The number of nitrogens with zero attached hydrogens (tertiary/aromatic N) is 1. The maximum atomic E-state index is 11.6. The van der Waals surface area contributed by atoms with E-state index in [9.17, 15) is 4.79 Å². The zero-order chi connectivity index (χ0) is 15.6. The molecule has 0 bridgehead atoms. The molecular weight excluding hydrogens is 334 g/mol. The number of amides is 1.